The first-order valence-electron chi connectivity index (χ1n) is 6.27. The minimum absolute atomic E-state index is 0.430. The summed E-state index contributed by atoms with van der Waals surface area (Å²) in [6.45, 7) is 1.70. The molecule has 0 amide bonds. The molecule has 8 heteroatoms. The molecule has 0 aromatic carbocycles. The molecule has 2 N–H and O–H groups in total. The van der Waals surface area contributed by atoms with Crippen molar-refractivity contribution in [2.75, 3.05) is 19.6 Å². The van der Waals surface area contributed by atoms with E-state index < -0.39 is 10.2 Å². The van der Waals surface area contributed by atoms with E-state index in [0.717, 1.165) is 25.1 Å². The number of hydrogen-bond acceptors (Lipinski definition) is 4. The van der Waals surface area contributed by atoms with Gasteiger partial charge in [-0.15, -0.1) is 0 Å². The molecule has 2 heterocycles. The zero-order chi connectivity index (χ0) is 12.8. The number of aromatic nitrogens is 3. The molecule has 1 aromatic rings. The van der Waals surface area contributed by atoms with Gasteiger partial charge >= 0.3 is 0 Å². The van der Waals surface area contributed by atoms with Gasteiger partial charge in [0.25, 0.3) is 10.2 Å². The number of nitrogens with zero attached hydrogens (tertiary/aromatic N) is 3. The molecular formula is C10H19N5O2S. The van der Waals surface area contributed by atoms with Gasteiger partial charge in [0.2, 0.25) is 0 Å². The van der Waals surface area contributed by atoms with E-state index in [9.17, 15) is 8.42 Å². The van der Waals surface area contributed by atoms with Crippen LogP contribution in [0.15, 0.2) is 6.33 Å². The lowest BCUT2D eigenvalue weighted by atomic mass is 10.2. The van der Waals surface area contributed by atoms with Crippen LogP contribution in [0.2, 0.25) is 0 Å². The highest BCUT2D eigenvalue weighted by Crippen LogP contribution is 2.11. The third-order valence-corrected chi connectivity index (χ3v) is 4.61. The van der Waals surface area contributed by atoms with Crippen molar-refractivity contribution in [2.45, 2.75) is 32.1 Å². The smallest absolute Gasteiger partial charge is 0.263 e. The fraction of sp³-hybridized carbons (Fsp3) is 0.800. The van der Waals surface area contributed by atoms with Crippen molar-refractivity contribution >= 4 is 10.2 Å². The lowest BCUT2D eigenvalue weighted by Gasteiger charge is -2.25. The van der Waals surface area contributed by atoms with Gasteiger partial charge in [-0.05, 0) is 19.3 Å². The van der Waals surface area contributed by atoms with Crippen LogP contribution in [0.4, 0.5) is 0 Å². The summed E-state index contributed by atoms with van der Waals surface area (Å²) in [5, 5.41) is 6.49. The summed E-state index contributed by atoms with van der Waals surface area (Å²) >= 11 is 0. The van der Waals surface area contributed by atoms with Gasteiger partial charge in [0.05, 0.1) is 0 Å². The molecule has 0 radical (unpaired) electrons. The number of H-pyrrole nitrogens is 1. The van der Waals surface area contributed by atoms with E-state index in [1.54, 1.807) is 0 Å². The monoisotopic (exact) mass is 273 g/mol. The molecule has 0 atom stereocenters. The van der Waals surface area contributed by atoms with E-state index in [-0.39, 0.29) is 0 Å². The summed E-state index contributed by atoms with van der Waals surface area (Å²) in [5.74, 6) is 0.784. The number of piperidine rings is 1. The highest BCUT2D eigenvalue weighted by Gasteiger charge is 2.22. The molecule has 7 nitrogen and oxygen atoms in total. The third kappa shape index (κ3) is 3.76. The molecule has 0 saturated carbocycles. The Morgan fingerprint density at radius 1 is 1.33 bits per heavy atom. The van der Waals surface area contributed by atoms with Gasteiger partial charge in [0.1, 0.15) is 12.2 Å². The second-order valence-electron chi connectivity index (χ2n) is 4.39. The molecule has 0 spiro atoms. The Balaban J connectivity index is 1.71. The van der Waals surface area contributed by atoms with Crippen LogP contribution < -0.4 is 4.72 Å². The maximum atomic E-state index is 11.9. The third-order valence-electron chi connectivity index (χ3n) is 2.99. The Bertz CT molecular complexity index is 439. The molecule has 18 heavy (non-hydrogen) atoms. The van der Waals surface area contributed by atoms with Crippen molar-refractivity contribution in [2.24, 2.45) is 0 Å². The van der Waals surface area contributed by atoms with Gasteiger partial charge in [-0.2, -0.15) is 17.8 Å². The van der Waals surface area contributed by atoms with Crippen LogP contribution in [-0.2, 0) is 16.6 Å². The molecule has 1 aromatic heterocycles. The Morgan fingerprint density at radius 2 is 2.11 bits per heavy atom. The predicted molar refractivity (Wildman–Crippen MR) is 67.1 cm³/mol. The zero-order valence-electron chi connectivity index (χ0n) is 10.3. The van der Waals surface area contributed by atoms with E-state index in [1.807, 2.05) is 0 Å². The minimum atomic E-state index is -3.29. The molecule has 0 unspecified atom stereocenters. The van der Waals surface area contributed by atoms with Crippen molar-refractivity contribution in [3.63, 3.8) is 0 Å². The van der Waals surface area contributed by atoms with E-state index in [1.165, 1.54) is 10.6 Å². The first-order valence-corrected chi connectivity index (χ1v) is 7.71. The van der Waals surface area contributed by atoms with Crippen LogP contribution in [0.25, 0.3) is 0 Å². The van der Waals surface area contributed by atoms with Crippen molar-refractivity contribution in [1.29, 1.82) is 0 Å². The van der Waals surface area contributed by atoms with Crippen molar-refractivity contribution in [1.82, 2.24) is 24.2 Å². The number of nitrogens with one attached hydrogen (secondary N) is 2. The van der Waals surface area contributed by atoms with Crippen LogP contribution in [0.5, 0.6) is 0 Å². The fourth-order valence-electron chi connectivity index (χ4n) is 2.00. The molecular weight excluding hydrogens is 254 g/mol. The standard InChI is InChI=1S/C10H19N5O2S/c16-18(17,15-7-2-1-3-8-15)13-6-4-5-10-11-9-12-14-10/h9,13H,1-8H2,(H,11,12,14). The molecule has 2 rings (SSSR count). The number of aryl methyl sites for hydroxylation is 1. The van der Waals surface area contributed by atoms with Gasteiger partial charge in [-0.25, -0.2) is 9.71 Å². The van der Waals surface area contributed by atoms with Crippen LogP contribution in [0.1, 0.15) is 31.5 Å². The van der Waals surface area contributed by atoms with E-state index in [0.29, 0.717) is 32.5 Å². The predicted octanol–water partition coefficient (Wildman–Crippen LogP) is 0.0576. The summed E-state index contributed by atoms with van der Waals surface area (Å²) in [7, 11) is -3.29. The second-order valence-corrected chi connectivity index (χ2v) is 6.15. The average molecular weight is 273 g/mol. The van der Waals surface area contributed by atoms with Gasteiger partial charge < -0.3 is 0 Å². The molecule has 102 valence electrons. The average Bonchev–Trinajstić information content (AvgIpc) is 2.89. The molecule has 0 aliphatic carbocycles. The molecule has 1 fully saturated rings. The van der Waals surface area contributed by atoms with Crippen LogP contribution in [-0.4, -0.2) is 47.5 Å². The fourth-order valence-corrected chi connectivity index (χ4v) is 3.33. The highest BCUT2D eigenvalue weighted by atomic mass is 32.2. The first kappa shape index (κ1) is 13.4. The maximum Gasteiger partial charge on any atom is 0.279 e. The minimum Gasteiger partial charge on any atom is -0.263 e. The van der Waals surface area contributed by atoms with E-state index in [4.69, 9.17) is 0 Å². The molecule has 1 saturated heterocycles. The summed E-state index contributed by atoms with van der Waals surface area (Å²) < 4.78 is 28.0. The normalized spacial score (nSPS) is 18.0. The summed E-state index contributed by atoms with van der Waals surface area (Å²) in [6.07, 6.45) is 5.90. The van der Waals surface area contributed by atoms with Gasteiger partial charge in [0, 0.05) is 26.1 Å². The number of aromatic amines is 1. The van der Waals surface area contributed by atoms with E-state index in [2.05, 4.69) is 19.9 Å². The van der Waals surface area contributed by atoms with Crippen molar-refractivity contribution in [3.05, 3.63) is 12.2 Å². The lowest BCUT2D eigenvalue weighted by Crippen LogP contribution is -2.43. The van der Waals surface area contributed by atoms with Gasteiger partial charge in [-0.1, -0.05) is 6.42 Å². The Labute approximate surface area is 107 Å². The Hall–Kier alpha value is -0.990. The Morgan fingerprint density at radius 3 is 2.78 bits per heavy atom. The van der Waals surface area contributed by atoms with Crippen molar-refractivity contribution in [3.8, 4) is 0 Å². The molecule has 1 aliphatic rings. The summed E-state index contributed by atoms with van der Waals surface area (Å²) in [5.41, 5.74) is 0. The van der Waals surface area contributed by atoms with Crippen LogP contribution >= 0.6 is 0 Å². The first-order chi connectivity index (χ1) is 8.68. The van der Waals surface area contributed by atoms with Crippen LogP contribution in [0.3, 0.4) is 0 Å². The molecule has 0 bridgehead atoms. The number of rotatable bonds is 6. The quantitative estimate of drug-likeness (QED) is 0.717. The van der Waals surface area contributed by atoms with Crippen molar-refractivity contribution < 1.29 is 8.42 Å². The van der Waals surface area contributed by atoms with Gasteiger partial charge in [0.15, 0.2) is 0 Å². The van der Waals surface area contributed by atoms with Crippen LogP contribution in [0, 0.1) is 0 Å². The highest BCUT2D eigenvalue weighted by molar-refractivity contribution is 7.87. The van der Waals surface area contributed by atoms with E-state index >= 15 is 0 Å². The van der Waals surface area contributed by atoms with Gasteiger partial charge in [-0.3, -0.25) is 5.10 Å². The topological polar surface area (TPSA) is 91.0 Å². The zero-order valence-corrected chi connectivity index (χ0v) is 11.1. The maximum absolute atomic E-state index is 11.9. The summed E-state index contributed by atoms with van der Waals surface area (Å²) in [4.78, 5) is 3.99. The SMILES string of the molecule is O=S(=O)(NCCCc1ncn[nH]1)N1CCCCC1. The molecule has 1 aliphatic heterocycles. The Kier molecular flexibility index (Phi) is 4.67. The largest absolute Gasteiger partial charge is 0.279 e. The number of hydrogen-bond donors (Lipinski definition) is 2. The lowest BCUT2D eigenvalue weighted by molar-refractivity contribution is 0.341. The second kappa shape index (κ2) is 6.26. The summed E-state index contributed by atoms with van der Waals surface area (Å²) in [6, 6.07) is 0.